The van der Waals surface area contributed by atoms with E-state index in [1.165, 1.54) is 48.8 Å². The zero-order chi connectivity index (χ0) is 47.3. The number of benzene rings is 4. The van der Waals surface area contributed by atoms with Gasteiger partial charge in [-0.1, -0.05) is 89.1 Å². The molecule has 0 saturated carbocycles. The van der Waals surface area contributed by atoms with E-state index in [0.717, 1.165) is 107 Å². The molecule has 1 atom stereocenters. The summed E-state index contributed by atoms with van der Waals surface area (Å²) in [7, 11) is 6.71. The molecule has 1 heterocycles. The monoisotopic (exact) mass is 902 g/mol. The fourth-order valence-electron chi connectivity index (χ4n) is 6.85. The van der Waals surface area contributed by atoms with Crippen LogP contribution in [0.3, 0.4) is 0 Å². The molecule has 4 aromatic carbocycles. The number of unbranched alkanes of at least 4 members (excludes halogenated alkanes) is 2. The van der Waals surface area contributed by atoms with Gasteiger partial charge < -0.3 is 40.2 Å². The molecule has 5 rings (SSSR count). The number of ether oxygens (including phenoxy) is 4. The molecule has 13 nitrogen and oxygen atoms in total. The first kappa shape index (κ1) is 56.4. The van der Waals surface area contributed by atoms with Crippen LogP contribution in [-0.2, 0) is 31.0 Å². The van der Waals surface area contributed by atoms with E-state index in [4.69, 9.17) is 24.2 Å². The highest BCUT2D eigenvalue weighted by Crippen LogP contribution is 2.20. The van der Waals surface area contributed by atoms with Gasteiger partial charge in [0.2, 0.25) is 0 Å². The quantitative estimate of drug-likeness (QED) is 0.0218. The molecule has 1 aliphatic heterocycles. The van der Waals surface area contributed by atoms with E-state index < -0.39 is 6.17 Å². The third kappa shape index (κ3) is 24.4. The lowest BCUT2D eigenvalue weighted by Crippen LogP contribution is -2.59. The normalized spacial score (nSPS) is 13.5. The number of hydrogen-bond donors (Lipinski definition) is 6. The summed E-state index contributed by atoms with van der Waals surface area (Å²) in [5.74, 6) is 3.20. The maximum atomic E-state index is 12.0. The van der Waals surface area contributed by atoms with Crippen LogP contribution in [0.25, 0.3) is 0 Å². The van der Waals surface area contributed by atoms with E-state index in [1.807, 2.05) is 67.6 Å². The Morgan fingerprint density at radius 1 is 0.523 bits per heavy atom. The minimum Gasteiger partial charge on any atom is -0.497 e. The topological polar surface area (TPSA) is 141 Å². The van der Waals surface area contributed by atoms with Crippen molar-refractivity contribution < 1.29 is 28.9 Å². The lowest BCUT2D eigenvalue weighted by atomic mass is 10.1. The smallest absolute Gasteiger partial charge is 0.275 e. The fourth-order valence-corrected chi connectivity index (χ4v) is 6.85. The highest BCUT2D eigenvalue weighted by Gasteiger charge is 2.34. The summed E-state index contributed by atoms with van der Waals surface area (Å²) in [5, 5.41) is 22.5. The highest BCUT2D eigenvalue weighted by molar-refractivity contribution is 5.80. The highest BCUT2D eigenvalue weighted by atomic mass is 16.5. The van der Waals surface area contributed by atoms with Gasteiger partial charge in [0, 0.05) is 39.3 Å². The van der Waals surface area contributed by atoms with Crippen LogP contribution in [-0.4, -0.2) is 108 Å². The van der Waals surface area contributed by atoms with Crippen molar-refractivity contribution in [1.29, 1.82) is 0 Å². The number of likely N-dealkylation sites (N-methyl/N-ethyl adjacent to an activating group) is 1. The molecule has 1 unspecified atom stereocenters. The van der Waals surface area contributed by atoms with E-state index in [9.17, 15) is 4.79 Å². The zero-order valence-corrected chi connectivity index (χ0v) is 40.9. The molecule has 1 saturated heterocycles. The Kier molecular flexibility index (Phi) is 31.7. The molecule has 0 spiro atoms. The molecule has 362 valence electrons. The molecule has 0 aliphatic carbocycles. The zero-order valence-electron chi connectivity index (χ0n) is 40.9. The minimum atomic E-state index is -0.421. The molecule has 4 aromatic rings. The molecular weight excluding hydrogens is 819 g/mol. The van der Waals surface area contributed by atoms with Gasteiger partial charge >= 0.3 is 0 Å². The summed E-state index contributed by atoms with van der Waals surface area (Å²) in [5.41, 5.74) is 6.82. The second-order valence-corrected chi connectivity index (χ2v) is 15.6. The fraction of sp³-hybridized carbons (Fsp3) is 0.519. The molecule has 65 heavy (non-hydrogen) atoms. The Hall–Kier alpha value is -4.73. The number of amides is 1. The molecule has 13 heteroatoms. The molecule has 1 aliphatic rings. The number of nitrogens with one attached hydrogen (secondary N) is 5. The molecule has 0 bridgehead atoms. The number of methoxy groups -OCH3 is 4. The van der Waals surface area contributed by atoms with Crippen LogP contribution in [0.1, 0.15) is 88.5 Å². The van der Waals surface area contributed by atoms with Gasteiger partial charge in [-0.2, -0.15) is 0 Å². The molecule has 0 radical (unpaired) electrons. The van der Waals surface area contributed by atoms with Crippen LogP contribution in [0.2, 0.25) is 0 Å². The Bertz CT molecular complexity index is 1680. The van der Waals surface area contributed by atoms with Gasteiger partial charge in [-0.15, -0.1) is 0 Å². The Labute approximate surface area is 391 Å². The van der Waals surface area contributed by atoms with Crippen molar-refractivity contribution in [2.75, 3.05) is 80.8 Å². The van der Waals surface area contributed by atoms with Crippen molar-refractivity contribution in [3.63, 3.8) is 0 Å². The first-order chi connectivity index (χ1) is 31.8. The summed E-state index contributed by atoms with van der Waals surface area (Å²) in [6, 6.07) is 32.4. The van der Waals surface area contributed by atoms with Crippen molar-refractivity contribution in [3.05, 3.63) is 119 Å². The van der Waals surface area contributed by atoms with Crippen LogP contribution < -0.4 is 45.7 Å². The maximum absolute atomic E-state index is 12.0. The minimum absolute atomic E-state index is 0.370. The largest absolute Gasteiger partial charge is 0.497 e. The number of carbonyl (C=O) groups is 1. The van der Waals surface area contributed by atoms with Crippen molar-refractivity contribution >= 4 is 5.91 Å². The van der Waals surface area contributed by atoms with Crippen LogP contribution in [0.15, 0.2) is 97.1 Å². The summed E-state index contributed by atoms with van der Waals surface area (Å²) in [6.45, 7) is 19.9. The van der Waals surface area contributed by atoms with E-state index in [1.54, 1.807) is 33.9 Å². The average molecular weight is 902 g/mol. The number of rotatable bonds is 25. The number of carbonyl (C=O) groups excluding carboxylic acids is 1. The molecule has 1 amide bonds. The summed E-state index contributed by atoms with van der Waals surface area (Å²) < 4.78 is 20.4. The number of hydroxylamine groups is 1. The van der Waals surface area contributed by atoms with Crippen LogP contribution in [0.4, 0.5) is 0 Å². The number of nitrogens with zero attached hydrogens (tertiary/aromatic N) is 2. The summed E-state index contributed by atoms with van der Waals surface area (Å²) >= 11 is 0. The van der Waals surface area contributed by atoms with E-state index in [0.29, 0.717) is 6.54 Å². The lowest BCUT2D eigenvalue weighted by Gasteiger charge is -2.42. The van der Waals surface area contributed by atoms with Crippen molar-refractivity contribution in [1.82, 2.24) is 36.5 Å². The van der Waals surface area contributed by atoms with Gasteiger partial charge in [-0.3, -0.25) is 19.8 Å². The second kappa shape index (κ2) is 36.5. The predicted octanol–water partition coefficient (Wildman–Crippen LogP) is 8.01. The summed E-state index contributed by atoms with van der Waals surface area (Å²) in [6.07, 6.45) is 6.75. The van der Waals surface area contributed by atoms with E-state index in [-0.39, 0.29) is 5.91 Å². The van der Waals surface area contributed by atoms with Crippen LogP contribution in [0.5, 0.6) is 23.0 Å². The van der Waals surface area contributed by atoms with Crippen molar-refractivity contribution in [2.45, 2.75) is 98.6 Å². The average Bonchev–Trinajstić information content (AvgIpc) is 3.36. The second-order valence-electron chi connectivity index (χ2n) is 15.6. The predicted molar refractivity (Wildman–Crippen MR) is 266 cm³/mol. The van der Waals surface area contributed by atoms with E-state index in [2.05, 4.69) is 88.2 Å². The van der Waals surface area contributed by atoms with Crippen molar-refractivity contribution in [2.24, 2.45) is 0 Å². The SMILES string of the molecule is CCCCNCc1ccc(OC)cc1.CCCCNCc1ccc(OC)cc1.CCN1CCCN(Cc2ccc(OC)cc2)C1C(=O)NO.CCNCCCNCc1ccc(OC)cc1. The third-order valence-corrected chi connectivity index (χ3v) is 10.7. The third-order valence-electron chi connectivity index (χ3n) is 10.7. The Morgan fingerprint density at radius 2 is 0.877 bits per heavy atom. The molecule has 6 N–H and O–H groups in total. The van der Waals surface area contributed by atoms with Crippen LogP contribution in [0, 0.1) is 0 Å². The van der Waals surface area contributed by atoms with Crippen molar-refractivity contribution in [3.8, 4) is 23.0 Å². The van der Waals surface area contributed by atoms with Gasteiger partial charge in [-0.25, -0.2) is 5.48 Å². The molecule has 1 fully saturated rings. The van der Waals surface area contributed by atoms with Gasteiger partial charge in [-0.05, 0) is 136 Å². The number of hydrogen-bond acceptors (Lipinski definition) is 12. The Morgan fingerprint density at radius 3 is 1.22 bits per heavy atom. The lowest BCUT2D eigenvalue weighted by molar-refractivity contribution is -0.145. The summed E-state index contributed by atoms with van der Waals surface area (Å²) in [4.78, 5) is 16.1. The standard InChI is InChI=1S/C15H23N3O3.C13H22N2O.2C12H19NO/c1-3-17-9-4-10-18(15(17)14(19)16-20)11-12-5-7-13(21-2)8-6-12;1-3-14-9-4-10-15-11-12-5-7-13(16-2)8-6-12;2*1-3-4-9-13-10-11-5-7-12(14-2)8-6-11/h5-8,15,20H,3-4,9-11H2,1-2H3,(H,16,19);5-8,14-15H,3-4,9-11H2,1-2H3;2*5-8,13H,3-4,9-10H2,1-2H3. The van der Waals surface area contributed by atoms with Gasteiger partial charge in [0.15, 0.2) is 0 Å². The van der Waals surface area contributed by atoms with Crippen LogP contribution >= 0.6 is 0 Å². The Balaban J connectivity index is 0.000000303. The first-order valence-corrected chi connectivity index (χ1v) is 23.6. The van der Waals surface area contributed by atoms with Gasteiger partial charge in [0.25, 0.3) is 5.91 Å². The van der Waals surface area contributed by atoms with E-state index >= 15 is 0 Å². The first-order valence-electron chi connectivity index (χ1n) is 23.6. The molecular formula is C52H83N7O6. The maximum Gasteiger partial charge on any atom is 0.275 e. The molecule has 0 aromatic heterocycles. The van der Waals surface area contributed by atoms with Gasteiger partial charge in [0.05, 0.1) is 28.4 Å². The van der Waals surface area contributed by atoms with Gasteiger partial charge in [0.1, 0.15) is 29.2 Å².